The van der Waals surface area contributed by atoms with Crippen molar-refractivity contribution in [3.05, 3.63) is 109 Å². The maximum absolute atomic E-state index is 13.8. The molecule has 0 atom stereocenters. The monoisotopic (exact) mass is 437 g/mol. The van der Waals surface area contributed by atoms with Gasteiger partial charge in [0.25, 0.3) is 5.91 Å². The smallest absolute Gasteiger partial charge is 0.277 e. The lowest BCUT2D eigenvalue weighted by atomic mass is 10.2. The lowest BCUT2D eigenvalue weighted by Crippen LogP contribution is -2.32. The predicted molar refractivity (Wildman–Crippen MR) is 128 cm³/mol. The molecule has 0 radical (unpaired) electrons. The molecule has 1 aliphatic heterocycles. The topological polar surface area (TPSA) is 56.6 Å². The van der Waals surface area contributed by atoms with Crippen LogP contribution in [0.1, 0.15) is 16.1 Å². The maximum Gasteiger partial charge on any atom is 0.277 e. The van der Waals surface area contributed by atoms with Crippen molar-refractivity contribution in [3.63, 3.8) is 0 Å². The summed E-state index contributed by atoms with van der Waals surface area (Å²) in [5, 5.41) is 0. The molecule has 2 heterocycles. The molecule has 1 aliphatic rings. The van der Waals surface area contributed by atoms with E-state index in [0.717, 1.165) is 16.9 Å². The van der Waals surface area contributed by atoms with Crippen LogP contribution in [0.15, 0.2) is 97.5 Å². The van der Waals surface area contributed by atoms with Crippen LogP contribution in [-0.4, -0.2) is 35.2 Å². The quantitative estimate of drug-likeness (QED) is 0.426. The van der Waals surface area contributed by atoms with Crippen molar-refractivity contribution >= 4 is 17.7 Å². The number of nitrogens with zero attached hydrogens (tertiary/aromatic N) is 3. The number of rotatable bonds is 6. The molecule has 1 amide bonds. The van der Waals surface area contributed by atoms with Crippen LogP contribution >= 0.6 is 0 Å². The van der Waals surface area contributed by atoms with Crippen molar-refractivity contribution in [2.75, 3.05) is 24.7 Å². The van der Waals surface area contributed by atoms with E-state index in [4.69, 9.17) is 9.47 Å². The molecule has 164 valence electrons. The van der Waals surface area contributed by atoms with E-state index in [1.54, 1.807) is 22.0 Å². The summed E-state index contributed by atoms with van der Waals surface area (Å²) in [6.07, 6.45) is 7.24. The summed E-state index contributed by atoms with van der Waals surface area (Å²) in [5.41, 5.74) is 3.15. The molecule has 6 nitrogen and oxygen atoms in total. The average Bonchev–Trinajstić information content (AvgIpc) is 3.37. The highest BCUT2D eigenvalue weighted by Gasteiger charge is 2.23. The van der Waals surface area contributed by atoms with E-state index in [1.165, 1.54) is 0 Å². The number of fused-ring (bicyclic) bond motifs is 1. The standard InChI is InChI=1S/C27H23N3O3/c31-27(24-19-28-20-30(24)22-11-5-2-6-12-22)29(15-7-10-21-8-3-1-4-9-21)23-13-14-25-26(18-23)33-17-16-32-25/h1-14,18-20H,15-17H2/b10-7+. The molecular formula is C27H23N3O3. The summed E-state index contributed by atoms with van der Waals surface area (Å²) in [4.78, 5) is 19.7. The molecule has 1 aromatic heterocycles. The third-order valence-electron chi connectivity index (χ3n) is 5.37. The second-order valence-electron chi connectivity index (χ2n) is 7.54. The summed E-state index contributed by atoms with van der Waals surface area (Å²) >= 11 is 0. The number of amides is 1. The van der Waals surface area contributed by atoms with E-state index >= 15 is 0 Å². The van der Waals surface area contributed by atoms with Gasteiger partial charge in [-0.1, -0.05) is 60.7 Å². The zero-order valence-corrected chi connectivity index (χ0v) is 18.0. The van der Waals surface area contributed by atoms with Crippen LogP contribution in [0.3, 0.4) is 0 Å². The minimum Gasteiger partial charge on any atom is -0.486 e. The van der Waals surface area contributed by atoms with Gasteiger partial charge >= 0.3 is 0 Å². The fourth-order valence-electron chi connectivity index (χ4n) is 3.75. The Hall–Kier alpha value is -4.32. The SMILES string of the molecule is O=C(c1cncn1-c1ccccc1)N(C/C=C/c1ccccc1)c1ccc2c(c1)OCCO2. The molecule has 0 saturated carbocycles. The highest BCUT2D eigenvalue weighted by atomic mass is 16.6. The van der Waals surface area contributed by atoms with Crippen LogP contribution in [0.25, 0.3) is 11.8 Å². The first-order valence-electron chi connectivity index (χ1n) is 10.8. The van der Waals surface area contributed by atoms with E-state index < -0.39 is 0 Å². The van der Waals surface area contributed by atoms with Crippen molar-refractivity contribution in [1.29, 1.82) is 0 Å². The van der Waals surface area contributed by atoms with E-state index in [9.17, 15) is 4.79 Å². The highest BCUT2D eigenvalue weighted by molar-refractivity contribution is 6.05. The number of anilines is 1. The number of imidazole rings is 1. The fraction of sp³-hybridized carbons (Fsp3) is 0.111. The fourth-order valence-corrected chi connectivity index (χ4v) is 3.75. The molecule has 0 fully saturated rings. The summed E-state index contributed by atoms with van der Waals surface area (Å²) in [5.74, 6) is 1.16. The van der Waals surface area contributed by atoms with Gasteiger partial charge in [-0.15, -0.1) is 0 Å². The van der Waals surface area contributed by atoms with Crippen molar-refractivity contribution in [2.24, 2.45) is 0 Å². The van der Waals surface area contributed by atoms with Gasteiger partial charge < -0.3 is 14.4 Å². The Labute approximate surface area is 192 Å². The van der Waals surface area contributed by atoms with Gasteiger partial charge in [0.2, 0.25) is 0 Å². The molecule has 33 heavy (non-hydrogen) atoms. The Morgan fingerprint density at radius 3 is 2.45 bits per heavy atom. The zero-order valence-electron chi connectivity index (χ0n) is 18.0. The Morgan fingerprint density at radius 1 is 0.939 bits per heavy atom. The van der Waals surface area contributed by atoms with Gasteiger partial charge in [0, 0.05) is 24.0 Å². The van der Waals surface area contributed by atoms with Gasteiger partial charge in [0.05, 0.1) is 12.5 Å². The van der Waals surface area contributed by atoms with Gasteiger partial charge in [-0.2, -0.15) is 0 Å². The Kier molecular flexibility index (Phi) is 5.89. The minimum atomic E-state index is -0.161. The average molecular weight is 437 g/mol. The normalized spacial score (nSPS) is 12.6. The summed E-state index contributed by atoms with van der Waals surface area (Å²) in [7, 11) is 0. The second kappa shape index (κ2) is 9.44. The van der Waals surface area contributed by atoms with Crippen molar-refractivity contribution in [3.8, 4) is 17.2 Å². The molecule has 0 N–H and O–H groups in total. The van der Waals surface area contributed by atoms with E-state index in [1.807, 2.05) is 91.0 Å². The molecule has 5 rings (SSSR count). The maximum atomic E-state index is 13.8. The minimum absolute atomic E-state index is 0.161. The van der Waals surface area contributed by atoms with E-state index in [0.29, 0.717) is 37.0 Å². The number of hydrogen-bond donors (Lipinski definition) is 0. The van der Waals surface area contributed by atoms with Gasteiger partial charge in [-0.3, -0.25) is 9.36 Å². The second-order valence-corrected chi connectivity index (χ2v) is 7.54. The number of aromatic nitrogens is 2. The molecule has 0 saturated heterocycles. The van der Waals surface area contributed by atoms with E-state index in [2.05, 4.69) is 4.98 Å². The zero-order chi connectivity index (χ0) is 22.5. The third-order valence-corrected chi connectivity index (χ3v) is 5.37. The predicted octanol–water partition coefficient (Wildman–Crippen LogP) is 5.00. The van der Waals surface area contributed by atoms with Crippen molar-refractivity contribution < 1.29 is 14.3 Å². The molecule has 0 aliphatic carbocycles. The Balaban J connectivity index is 1.49. The van der Waals surface area contributed by atoms with Crippen LogP contribution in [0, 0.1) is 0 Å². The lowest BCUT2D eigenvalue weighted by Gasteiger charge is -2.25. The van der Waals surface area contributed by atoms with Crippen LogP contribution in [0.4, 0.5) is 5.69 Å². The van der Waals surface area contributed by atoms with Gasteiger partial charge in [0.15, 0.2) is 11.5 Å². The van der Waals surface area contributed by atoms with Gasteiger partial charge in [-0.05, 0) is 29.8 Å². The molecular weight excluding hydrogens is 414 g/mol. The van der Waals surface area contributed by atoms with Gasteiger partial charge in [0.1, 0.15) is 18.9 Å². The van der Waals surface area contributed by atoms with Crippen LogP contribution in [0.5, 0.6) is 11.5 Å². The summed E-state index contributed by atoms with van der Waals surface area (Å²) in [6.45, 7) is 1.39. The Bertz CT molecular complexity index is 1270. The number of para-hydroxylation sites is 1. The third kappa shape index (κ3) is 4.50. The van der Waals surface area contributed by atoms with Gasteiger partial charge in [-0.25, -0.2) is 4.98 Å². The molecule has 0 spiro atoms. The summed E-state index contributed by atoms with van der Waals surface area (Å²) in [6, 6.07) is 25.3. The van der Waals surface area contributed by atoms with Crippen LogP contribution in [0.2, 0.25) is 0 Å². The Morgan fingerprint density at radius 2 is 1.67 bits per heavy atom. The number of ether oxygens (including phenoxy) is 2. The van der Waals surface area contributed by atoms with E-state index in [-0.39, 0.29) is 5.91 Å². The first-order valence-corrected chi connectivity index (χ1v) is 10.8. The molecule has 0 bridgehead atoms. The first-order chi connectivity index (χ1) is 16.3. The van der Waals surface area contributed by atoms with Crippen molar-refractivity contribution in [2.45, 2.75) is 0 Å². The lowest BCUT2D eigenvalue weighted by molar-refractivity contribution is 0.0983. The number of carbonyl (C=O) groups excluding carboxylic acids is 1. The van der Waals surface area contributed by atoms with Crippen LogP contribution in [-0.2, 0) is 0 Å². The highest BCUT2D eigenvalue weighted by Crippen LogP contribution is 2.34. The molecule has 6 heteroatoms. The number of carbonyl (C=O) groups is 1. The molecule has 0 unspecified atom stereocenters. The summed E-state index contributed by atoms with van der Waals surface area (Å²) < 4.78 is 13.2. The van der Waals surface area contributed by atoms with Crippen molar-refractivity contribution in [1.82, 2.24) is 9.55 Å². The molecule has 4 aromatic rings. The molecule has 3 aromatic carbocycles. The first kappa shape index (κ1) is 20.6. The number of hydrogen-bond acceptors (Lipinski definition) is 4. The largest absolute Gasteiger partial charge is 0.486 e. The number of benzene rings is 3. The van der Waals surface area contributed by atoms with Crippen LogP contribution < -0.4 is 14.4 Å².